The van der Waals surface area contributed by atoms with Crippen molar-refractivity contribution in [3.05, 3.63) is 42.2 Å². The zero-order valence-corrected chi connectivity index (χ0v) is 13.5. The van der Waals surface area contributed by atoms with Gasteiger partial charge in [-0.15, -0.1) is 10.2 Å². The molecule has 1 aliphatic heterocycles. The van der Waals surface area contributed by atoms with E-state index >= 15 is 0 Å². The number of nitrogens with zero attached hydrogens (tertiary/aromatic N) is 4. The van der Waals surface area contributed by atoms with Crippen molar-refractivity contribution >= 4 is 11.8 Å². The molecule has 3 rings (SSSR count). The van der Waals surface area contributed by atoms with Gasteiger partial charge in [0.1, 0.15) is 5.82 Å². The van der Waals surface area contributed by atoms with Crippen molar-refractivity contribution in [2.45, 2.75) is 0 Å². The monoisotopic (exact) mass is 330 g/mol. The lowest BCUT2D eigenvalue weighted by atomic mass is 10.1. The van der Waals surface area contributed by atoms with Crippen molar-refractivity contribution in [3.8, 4) is 11.3 Å². The third-order valence-corrected chi connectivity index (χ3v) is 4.07. The fourth-order valence-corrected chi connectivity index (χ4v) is 2.65. The molecular formula is C17H19FN4O2. The number of carbonyl (C=O) groups excluding carboxylic acids is 1. The number of methoxy groups -OCH3 is 1. The number of esters is 1. The van der Waals surface area contributed by atoms with Crippen LogP contribution in [0.25, 0.3) is 11.3 Å². The highest BCUT2D eigenvalue weighted by atomic mass is 19.1. The molecule has 2 aromatic rings. The molecule has 1 aromatic heterocycles. The Morgan fingerprint density at radius 2 is 1.79 bits per heavy atom. The molecule has 0 radical (unpaired) electrons. The number of carbonyl (C=O) groups is 1. The third-order valence-electron chi connectivity index (χ3n) is 4.07. The summed E-state index contributed by atoms with van der Waals surface area (Å²) in [5.74, 6) is 0.318. The number of ether oxygens (including phenoxy) is 1. The number of halogens is 1. The second-order valence-corrected chi connectivity index (χ2v) is 5.62. The Balaban J connectivity index is 1.60. The SMILES string of the molecule is COC(=O)CN1CCN(c2ccc(-c3ccc(F)cc3)nn2)CC1. The van der Waals surface area contributed by atoms with Crippen molar-refractivity contribution in [3.63, 3.8) is 0 Å². The summed E-state index contributed by atoms with van der Waals surface area (Å²) in [7, 11) is 1.40. The van der Waals surface area contributed by atoms with Crippen LogP contribution < -0.4 is 4.90 Å². The van der Waals surface area contributed by atoms with Crippen molar-refractivity contribution in [1.29, 1.82) is 0 Å². The molecule has 0 atom stereocenters. The van der Waals surface area contributed by atoms with E-state index in [0.717, 1.165) is 37.6 Å². The molecule has 0 unspecified atom stereocenters. The molecule has 1 saturated heterocycles. The highest BCUT2D eigenvalue weighted by molar-refractivity contribution is 5.71. The highest BCUT2D eigenvalue weighted by Gasteiger charge is 2.20. The van der Waals surface area contributed by atoms with Gasteiger partial charge in [0.25, 0.3) is 0 Å². The van der Waals surface area contributed by atoms with Gasteiger partial charge in [-0.3, -0.25) is 9.69 Å². The van der Waals surface area contributed by atoms with E-state index < -0.39 is 0 Å². The fraction of sp³-hybridized carbons (Fsp3) is 0.353. The molecule has 7 heteroatoms. The maximum Gasteiger partial charge on any atom is 0.319 e. The van der Waals surface area contributed by atoms with Gasteiger partial charge >= 0.3 is 5.97 Å². The van der Waals surface area contributed by atoms with E-state index in [2.05, 4.69) is 24.7 Å². The molecule has 1 aromatic carbocycles. The summed E-state index contributed by atoms with van der Waals surface area (Å²) in [6.07, 6.45) is 0. The lowest BCUT2D eigenvalue weighted by Gasteiger charge is -2.34. The predicted octanol–water partition coefficient (Wildman–Crippen LogP) is 1.58. The number of aromatic nitrogens is 2. The summed E-state index contributed by atoms with van der Waals surface area (Å²) in [6, 6.07) is 9.99. The van der Waals surface area contributed by atoms with Crippen LogP contribution in [0.1, 0.15) is 0 Å². The molecule has 0 spiro atoms. The normalized spacial score (nSPS) is 15.3. The second-order valence-electron chi connectivity index (χ2n) is 5.62. The summed E-state index contributed by atoms with van der Waals surface area (Å²) < 4.78 is 17.7. The summed E-state index contributed by atoms with van der Waals surface area (Å²) in [5.41, 5.74) is 1.54. The zero-order valence-electron chi connectivity index (χ0n) is 13.5. The Labute approximate surface area is 139 Å². The van der Waals surface area contributed by atoms with Crippen LogP contribution in [0.5, 0.6) is 0 Å². The lowest BCUT2D eigenvalue weighted by molar-refractivity contribution is -0.142. The maximum absolute atomic E-state index is 13.0. The topological polar surface area (TPSA) is 58.6 Å². The van der Waals surface area contributed by atoms with E-state index in [0.29, 0.717) is 12.2 Å². The van der Waals surface area contributed by atoms with Gasteiger partial charge in [0.2, 0.25) is 0 Å². The number of anilines is 1. The Hall–Kier alpha value is -2.54. The molecule has 2 heterocycles. The zero-order chi connectivity index (χ0) is 16.9. The Morgan fingerprint density at radius 3 is 2.38 bits per heavy atom. The maximum atomic E-state index is 13.0. The second kappa shape index (κ2) is 7.35. The van der Waals surface area contributed by atoms with Gasteiger partial charge in [0.05, 0.1) is 19.3 Å². The molecule has 0 amide bonds. The molecule has 24 heavy (non-hydrogen) atoms. The third kappa shape index (κ3) is 3.86. The largest absolute Gasteiger partial charge is 0.468 e. The molecule has 0 bridgehead atoms. The molecule has 1 fully saturated rings. The summed E-state index contributed by atoms with van der Waals surface area (Å²) in [6.45, 7) is 3.43. The van der Waals surface area contributed by atoms with Crippen LogP contribution in [0, 0.1) is 5.82 Å². The Kier molecular flexibility index (Phi) is 5.00. The first kappa shape index (κ1) is 16.3. The van der Waals surface area contributed by atoms with E-state index in [1.54, 1.807) is 12.1 Å². The minimum Gasteiger partial charge on any atom is -0.468 e. The van der Waals surface area contributed by atoms with Gasteiger partial charge in [-0.25, -0.2) is 4.39 Å². The standard InChI is InChI=1S/C17H19FN4O2/c1-24-17(23)12-21-8-10-22(11-9-21)16-7-6-15(19-20-16)13-2-4-14(18)5-3-13/h2-7H,8-12H2,1H3. The summed E-state index contributed by atoms with van der Waals surface area (Å²) in [4.78, 5) is 15.5. The van der Waals surface area contributed by atoms with E-state index in [9.17, 15) is 9.18 Å². The smallest absolute Gasteiger partial charge is 0.319 e. The van der Waals surface area contributed by atoms with Crippen molar-refractivity contribution in [2.75, 3.05) is 44.7 Å². The Morgan fingerprint density at radius 1 is 1.08 bits per heavy atom. The fourth-order valence-electron chi connectivity index (χ4n) is 2.65. The van der Waals surface area contributed by atoms with Crippen LogP contribution >= 0.6 is 0 Å². The molecule has 0 N–H and O–H groups in total. The molecule has 0 saturated carbocycles. The van der Waals surface area contributed by atoms with Gasteiger partial charge in [-0.05, 0) is 36.4 Å². The quantitative estimate of drug-likeness (QED) is 0.793. The Bertz CT molecular complexity index is 683. The highest BCUT2D eigenvalue weighted by Crippen LogP contribution is 2.19. The van der Waals surface area contributed by atoms with Crippen molar-refractivity contribution in [1.82, 2.24) is 15.1 Å². The van der Waals surface area contributed by atoms with E-state index in [1.165, 1.54) is 19.2 Å². The average molecular weight is 330 g/mol. The minimum absolute atomic E-state index is 0.216. The number of hydrogen-bond acceptors (Lipinski definition) is 6. The number of piperazine rings is 1. The molecule has 6 nitrogen and oxygen atoms in total. The number of rotatable bonds is 4. The predicted molar refractivity (Wildman–Crippen MR) is 88.1 cm³/mol. The number of hydrogen-bond donors (Lipinski definition) is 0. The molecular weight excluding hydrogens is 311 g/mol. The summed E-state index contributed by atoms with van der Waals surface area (Å²) in [5, 5.41) is 8.51. The van der Waals surface area contributed by atoms with Crippen LogP contribution in [-0.2, 0) is 9.53 Å². The van der Waals surface area contributed by atoms with Crippen LogP contribution in [0.15, 0.2) is 36.4 Å². The molecule has 1 aliphatic rings. The van der Waals surface area contributed by atoms with Gasteiger partial charge in [-0.1, -0.05) is 0 Å². The van der Waals surface area contributed by atoms with Gasteiger partial charge in [0.15, 0.2) is 5.82 Å². The van der Waals surface area contributed by atoms with E-state index in [4.69, 9.17) is 0 Å². The first-order chi connectivity index (χ1) is 11.7. The van der Waals surface area contributed by atoms with Gasteiger partial charge < -0.3 is 9.64 Å². The van der Waals surface area contributed by atoms with Crippen molar-refractivity contribution < 1.29 is 13.9 Å². The van der Waals surface area contributed by atoms with Crippen LogP contribution in [0.4, 0.5) is 10.2 Å². The lowest BCUT2D eigenvalue weighted by Crippen LogP contribution is -2.48. The first-order valence-corrected chi connectivity index (χ1v) is 7.79. The first-order valence-electron chi connectivity index (χ1n) is 7.79. The van der Waals surface area contributed by atoms with Crippen LogP contribution in [0.2, 0.25) is 0 Å². The van der Waals surface area contributed by atoms with Crippen LogP contribution in [0.3, 0.4) is 0 Å². The number of benzene rings is 1. The van der Waals surface area contributed by atoms with Gasteiger partial charge in [-0.2, -0.15) is 0 Å². The molecule has 126 valence electrons. The van der Waals surface area contributed by atoms with Crippen LogP contribution in [-0.4, -0.2) is 60.9 Å². The average Bonchev–Trinajstić information content (AvgIpc) is 2.63. The van der Waals surface area contributed by atoms with E-state index in [1.807, 2.05) is 12.1 Å². The van der Waals surface area contributed by atoms with E-state index in [-0.39, 0.29) is 11.8 Å². The molecule has 0 aliphatic carbocycles. The van der Waals surface area contributed by atoms with Crippen molar-refractivity contribution in [2.24, 2.45) is 0 Å². The summed E-state index contributed by atoms with van der Waals surface area (Å²) >= 11 is 0. The van der Waals surface area contributed by atoms with Gasteiger partial charge in [0, 0.05) is 31.7 Å². The minimum atomic E-state index is -0.270.